The molecule has 0 fully saturated rings. The first kappa shape index (κ1) is 13.4. The molecular formula is C12H17NO4. The van der Waals surface area contributed by atoms with Gasteiger partial charge >= 0.3 is 5.97 Å². The van der Waals surface area contributed by atoms with E-state index >= 15 is 0 Å². The predicted molar refractivity (Wildman–Crippen MR) is 63.0 cm³/mol. The highest BCUT2D eigenvalue weighted by atomic mass is 16.5. The van der Waals surface area contributed by atoms with Crippen molar-refractivity contribution in [2.75, 3.05) is 14.2 Å². The maximum atomic E-state index is 11.8. The molecule has 0 spiro atoms. The smallest absolute Gasteiger partial charge is 0.316 e. The summed E-state index contributed by atoms with van der Waals surface area (Å²) in [5.74, 6) is -1.82. The molecular weight excluding hydrogens is 222 g/mol. The molecule has 0 aromatic rings. The summed E-state index contributed by atoms with van der Waals surface area (Å²) >= 11 is 0. The van der Waals surface area contributed by atoms with E-state index in [1.165, 1.54) is 20.4 Å². The van der Waals surface area contributed by atoms with Gasteiger partial charge in [0.05, 0.1) is 12.7 Å². The third-order valence-electron chi connectivity index (χ3n) is 2.94. The Kier molecular flexibility index (Phi) is 3.70. The Labute approximate surface area is 100 Å². The Morgan fingerprint density at radius 2 is 2.18 bits per heavy atom. The van der Waals surface area contributed by atoms with Crippen molar-refractivity contribution in [2.45, 2.75) is 20.3 Å². The van der Waals surface area contributed by atoms with Crippen LogP contribution in [0.1, 0.15) is 20.3 Å². The highest BCUT2D eigenvalue weighted by Crippen LogP contribution is 2.41. The van der Waals surface area contributed by atoms with Crippen LogP contribution in [0.4, 0.5) is 0 Å². The second kappa shape index (κ2) is 4.69. The Balaban J connectivity index is 3.32. The van der Waals surface area contributed by atoms with Crippen molar-refractivity contribution in [2.24, 2.45) is 16.3 Å². The van der Waals surface area contributed by atoms with Crippen molar-refractivity contribution in [3.63, 3.8) is 0 Å². The maximum Gasteiger partial charge on any atom is 0.316 e. The molecule has 5 nitrogen and oxygen atoms in total. The van der Waals surface area contributed by atoms with E-state index in [1.54, 1.807) is 13.8 Å². The Hall–Kier alpha value is -1.65. The van der Waals surface area contributed by atoms with Gasteiger partial charge in [-0.15, -0.1) is 0 Å². The SMILES string of the molecule is CN=CC1=C(O)[C@H](C(=O)OC)C(C)(C)CC1=O. The molecule has 1 N–H and O–H groups in total. The summed E-state index contributed by atoms with van der Waals surface area (Å²) in [6.07, 6.45) is 1.46. The first-order valence-electron chi connectivity index (χ1n) is 5.31. The largest absolute Gasteiger partial charge is 0.511 e. The zero-order valence-electron chi connectivity index (χ0n) is 10.5. The summed E-state index contributed by atoms with van der Waals surface area (Å²) in [7, 11) is 2.76. The molecule has 0 aromatic carbocycles. The number of esters is 1. The van der Waals surface area contributed by atoms with Crippen molar-refractivity contribution in [3.05, 3.63) is 11.3 Å². The third-order valence-corrected chi connectivity index (χ3v) is 2.94. The van der Waals surface area contributed by atoms with Crippen LogP contribution in [-0.2, 0) is 14.3 Å². The second-order valence-corrected chi connectivity index (χ2v) is 4.73. The zero-order chi connectivity index (χ0) is 13.2. The lowest BCUT2D eigenvalue weighted by Gasteiger charge is -2.35. The van der Waals surface area contributed by atoms with Crippen LogP contribution in [-0.4, -0.2) is 37.2 Å². The van der Waals surface area contributed by atoms with Crippen LogP contribution in [0.3, 0.4) is 0 Å². The normalized spacial score (nSPS) is 24.2. The molecule has 0 heterocycles. The lowest BCUT2D eigenvalue weighted by atomic mass is 9.68. The standard InChI is InChI=1S/C12H17NO4/c1-12(2)5-8(14)7(6-13-3)10(15)9(12)11(16)17-4/h6,9,15H,5H2,1-4H3/t9-/m1/s1. The molecule has 0 amide bonds. The van der Waals surface area contributed by atoms with E-state index in [1.807, 2.05) is 0 Å². The van der Waals surface area contributed by atoms with Gasteiger partial charge in [-0.25, -0.2) is 0 Å². The number of allylic oxidation sites excluding steroid dienone is 1. The molecule has 1 atom stereocenters. The molecule has 0 aromatic heterocycles. The van der Waals surface area contributed by atoms with Crippen molar-refractivity contribution in [3.8, 4) is 0 Å². The average molecular weight is 239 g/mol. The number of carbonyl (C=O) groups is 2. The fourth-order valence-corrected chi connectivity index (χ4v) is 2.10. The number of carbonyl (C=O) groups excluding carboxylic acids is 2. The van der Waals surface area contributed by atoms with Gasteiger partial charge in [-0.1, -0.05) is 13.8 Å². The lowest BCUT2D eigenvalue weighted by molar-refractivity contribution is -0.150. The fraction of sp³-hybridized carbons (Fsp3) is 0.583. The predicted octanol–water partition coefficient (Wildman–Crippen LogP) is 1.29. The Bertz CT molecular complexity index is 407. The highest BCUT2D eigenvalue weighted by molar-refractivity contribution is 6.15. The molecule has 0 saturated carbocycles. The summed E-state index contributed by atoms with van der Waals surface area (Å²) in [5.41, 5.74) is -0.554. The lowest BCUT2D eigenvalue weighted by Crippen LogP contribution is -2.40. The molecule has 0 radical (unpaired) electrons. The van der Waals surface area contributed by atoms with Gasteiger partial charge < -0.3 is 9.84 Å². The molecule has 5 heteroatoms. The summed E-state index contributed by atoms with van der Waals surface area (Å²) < 4.78 is 4.67. The first-order chi connectivity index (χ1) is 7.85. The van der Waals surface area contributed by atoms with E-state index < -0.39 is 17.3 Å². The molecule has 94 valence electrons. The van der Waals surface area contributed by atoms with E-state index in [0.717, 1.165) is 0 Å². The summed E-state index contributed by atoms with van der Waals surface area (Å²) in [6.45, 7) is 3.51. The van der Waals surface area contributed by atoms with E-state index in [4.69, 9.17) is 0 Å². The molecule has 1 aliphatic rings. The highest BCUT2D eigenvalue weighted by Gasteiger charge is 2.46. The number of hydrogen-bond acceptors (Lipinski definition) is 5. The monoisotopic (exact) mass is 239 g/mol. The van der Waals surface area contributed by atoms with Crippen LogP contribution in [0.5, 0.6) is 0 Å². The minimum Gasteiger partial charge on any atom is -0.511 e. The number of nitrogens with zero attached hydrogens (tertiary/aromatic N) is 1. The quantitative estimate of drug-likeness (QED) is 0.582. The minimum atomic E-state index is -0.821. The fourth-order valence-electron chi connectivity index (χ4n) is 2.10. The van der Waals surface area contributed by atoms with Gasteiger partial charge in [0.2, 0.25) is 0 Å². The number of aliphatic imine (C=N–C) groups is 1. The second-order valence-electron chi connectivity index (χ2n) is 4.73. The number of ketones is 1. The van der Waals surface area contributed by atoms with Crippen molar-refractivity contribution in [1.29, 1.82) is 0 Å². The van der Waals surface area contributed by atoms with Gasteiger partial charge in [0.15, 0.2) is 5.78 Å². The summed E-state index contributed by atoms with van der Waals surface area (Å²) in [5, 5.41) is 10.0. The van der Waals surface area contributed by atoms with Crippen molar-refractivity contribution >= 4 is 18.0 Å². The van der Waals surface area contributed by atoms with E-state index in [-0.39, 0.29) is 23.5 Å². The molecule has 1 rings (SSSR count). The number of ether oxygens (including phenoxy) is 1. The van der Waals surface area contributed by atoms with Crippen LogP contribution in [0.2, 0.25) is 0 Å². The van der Waals surface area contributed by atoms with Gasteiger partial charge in [-0.2, -0.15) is 0 Å². The topological polar surface area (TPSA) is 76.0 Å². The van der Waals surface area contributed by atoms with Crippen LogP contribution < -0.4 is 0 Å². The summed E-state index contributed by atoms with van der Waals surface area (Å²) in [6, 6.07) is 0. The molecule has 17 heavy (non-hydrogen) atoms. The third kappa shape index (κ3) is 2.38. The van der Waals surface area contributed by atoms with E-state index in [2.05, 4.69) is 9.73 Å². The number of methoxy groups -OCH3 is 1. The molecule has 0 aliphatic heterocycles. The molecule has 1 aliphatic carbocycles. The van der Waals surface area contributed by atoms with Crippen LogP contribution in [0.15, 0.2) is 16.3 Å². The van der Waals surface area contributed by atoms with Gasteiger partial charge in [0, 0.05) is 19.7 Å². The number of aliphatic hydroxyl groups is 1. The number of aliphatic hydroxyl groups excluding tert-OH is 1. The number of Topliss-reactive ketones (excluding diaryl/α,β-unsaturated/α-hetero) is 1. The van der Waals surface area contributed by atoms with E-state index in [9.17, 15) is 14.7 Å². The number of hydrogen-bond donors (Lipinski definition) is 1. The van der Waals surface area contributed by atoms with Gasteiger partial charge in [-0.05, 0) is 5.41 Å². The van der Waals surface area contributed by atoms with Gasteiger partial charge in [0.25, 0.3) is 0 Å². The molecule has 0 saturated heterocycles. The Morgan fingerprint density at radius 3 is 2.65 bits per heavy atom. The van der Waals surface area contributed by atoms with Gasteiger partial charge in [-0.3, -0.25) is 14.6 Å². The van der Waals surface area contributed by atoms with Crippen LogP contribution in [0.25, 0.3) is 0 Å². The van der Waals surface area contributed by atoms with Crippen LogP contribution in [0, 0.1) is 11.3 Å². The number of rotatable bonds is 2. The molecule has 0 bridgehead atoms. The molecule has 0 unspecified atom stereocenters. The van der Waals surface area contributed by atoms with Crippen LogP contribution >= 0.6 is 0 Å². The summed E-state index contributed by atoms with van der Waals surface area (Å²) in [4.78, 5) is 27.2. The average Bonchev–Trinajstić information content (AvgIpc) is 2.22. The maximum absolute atomic E-state index is 11.8. The first-order valence-corrected chi connectivity index (χ1v) is 5.31. The Morgan fingerprint density at radius 1 is 1.59 bits per heavy atom. The van der Waals surface area contributed by atoms with Gasteiger partial charge in [0.1, 0.15) is 11.7 Å². The van der Waals surface area contributed by atoms with Crippen molar-refractivity contribution in [1.82, 2.24) is 0 Å². The van der Waals surface area contributed by atoms with Crippen molar-refractivity contribution < 1.29 is 19.4 Å². The zero-order valence-corrected chi connectivity index (χ0v) is 10.5. The minimum absolute atomic E-state index is 0.0993. The van der Waals surface area contributed by atoms with E-state index in [0.29, 0.717) is 0 Å².